The number of nitrogens with one attached hydrogen (secondary N) is 3. The molecule has 12 heteroatoms. The van der Waals surface area contributed by atoms with Crippen LogP contribution in [0.3, 0.4) is 0 Å². The number of dihydropyridines is 1. The second-order valence-corrected chi connectivity index (χ2v) is 7.78. The van der Waals surface area contributed by atoms with Gasteiger partial charge in [0, 0.05) is 13.1 Å². The van der Waals surface area contributed by atoms with Crippen LogP contribution in [0.25, 0.3) is 0 Å². The van der Waals surface area contributed by atoms with E-state index < -0.39 is 36.0 Å². The fraction of sp³-hybridized carbons (Fsp3) is 0.450. The first-order valence-corrected chi connectivity index (χ1v) is 10.2. The van der Waals surface area contributed by atoms with E-state index in [1.165, 1.54) is 24.0 Å². The summed E-state index contributed by atoms with van der Waals surface area (Å²) in [7, 11) is 0. The minimum Gasteiger partial charge on any atom is -0.366 e. The quantitative estimate of drug-likeness (QED) is 0.608. The van der Waals surface area contributed by atoms with E-state index in [1.54, 1.807) is 6.08 Å². The van der Waals surface area contributed by atoms with E-state index in [4.69, 9.17) is 0 Å². The molecule has 4 rings (SSSR count). The number of nitrogens with zero attached hydrogens (tertiary/aromatic N) is 3. The number of hydrogen-bond acceptors (Lipinski definition) is 5. The third-order valence-corrected chi connectivity index (χ3v) is 5.68. The van der Waals surface area contributed by atoms with Crippen molar-refractivity contribution >= 4 is 17.8 Å². The molecule has 1 aromatic heterocycles. The highest BCUT2D eigenvalue weighted by atomic mass is 19.4. The summed E-state index contributed by atoms with van der Waals surface area (Å²) in [4.78, 5) is 32.9. The number of carbonyl (C=O) groups excluding carboxylic acids is 2. The van der Waals surface area contributed by atoms with E-state index in [0.717, 1.165) is 12.3 Å². The first-order valence-electron chi connectivity index (χ1n) is 10.2. The van der Waals surface area contributed by atoms with Gasteiger partial charge in [0.2, 0.25) is 5.91 Å². The third-order valence-electron chi connectivity index (χ3n) is 5.68. The first-order chi connectivity index (χ1) is 15.2. The van der Waals surface area contributed by atoms with E-state index in [-0.39, 0.29) is 18.3 Å². The lowest BCUT2D eigenvalue weighted by molar-refractivity contribution is -0.162. The molecule has 0 saturated carbocycles. The summed E-state index contributed by atoms with van der Waals surface area (Å²) >= 11 is 0. The second-order valence-electron chi connectivity index (χ2n) is 7.78. The van der Waals surface area contributed by atoms with Gasteiger partial charge in [-0.25, -0.2) is 14.2 Å². The summed E-state index contributed by atoms with van der Waals surface area (Å²) in [5.41, 5.74) is 0.674. The molecule has 1 fully saturated rings. The summed E-state index contributed by atoms with van der Waals surface area (Å²) in [5, 5.41) is 7.54. The van der Waals surface area contributed by atoms with Crippen molar-refractivity contribution in [2.45, 2.75) is 44.1 Å². The van der Waals surface area contributed by atoms with Crippen molar-refractivity contribution in [3.63, 3.8) is 0 Å². The van der Waals surface area contributed by atoms with E-state index in [9.17, 15) is 27.2 Å². The molecular weight excluding hydrogens is 432 g/mol. The van der Waals surface area contributed by atoms with Crippen LogP contribution < -0.4 is 16.0 Å². The van der Waals surface area contributed by atoms with Gasteiger partial charge in [-0.05, 0) is 31.1 Å². The van der Waals surface area contributed by atoms with Crippen molar-refractivity contribution in [2.75, 3.05) is 18.4 Å². The first kappa shape index (κ1) is 21.9. The van der Waals surface area contributed by atoms with Crippen molar-refractivity contribution in [3.8, 4) is 0 Å². The van der Waals surface area contributed by atoms with Crippen LogP contribution in [0.15, 0.2) is 42.0 Å². The fourth-order valence-electron chi connectivity index (χ4n) is 4.05. The van der Waals surface area contributed by atoms with Crippen LogP contribution in [0.5, 0.6) is 0 Å². The predicted octanol–water partition coefficient (Wildman–Crippen LogP) is 2.30. The van der Waals surface area contributed by atoms with Gasteiger partial charge in [-0.15, -0.1) is 0 Å². The Kier molecular flexibility index (Phi) is 5.70. The van der Waals surface area contributed by atoms with Crippen molar-refractivity contribution in [1.29, 1.82) is 0 Å². The zero-order valence-electron chi connectivity index (χ0n) is 17.1. The topological polar surface area (TPSA) is 89.6 Å². The van der Waals surface area contributed by atoms with Crippen molar-refractivity contribution in [3.05, 3.63) is 47.8 Å². The van der Waals surface area contributed by atoms with Crippen LogP contribution in [0, 0.1) is 5.82 Å². The van der Waals surface area contributed by atoms with E-state index in [2.05, 4.69) is 15.6 Å². The Hall–Kier alpha value is -3.31. The number of rotatable bonds is 4. The number of fused-ring (bicyclic) bond motifs is 3. The van der Waals surface area contributed by atoms with Crippen LogP contribution in [-0.2, 0) is 4.79 Å². The van der Waals surface area contributed by atoms with Gasteiger partial charge in [0.25, 0.3) is 0 Å². The van der Waals surface area contributed by atoms with Gasteiger partial charge in [-0.1, -0.05) is 13.0 Å². The van der Waals surface area contributed by atoms with Crippen LogP contribution in [0.2, 0.25) is 0 Å². The van der Waals surface area contributed by atoms with Crippen LogP contribution in [0.4, 0.5) is 28.2 Å². The van der Waals surface area contributed by atoms with E-state index in [0.29, 0.717) is 31.0 Å². The van der Waals surface area contributed by atoms with Gasteiger partial charge >= 0.3 is 12.2 Å². The lowest BCUT2D eigenvalue weighted by Gasteiger charge is -2.41. The number of amides is 3. The number of aromatic nitrogens is 1. The molecule has 3 aliphatic rings. The molecule has 3 aliphatic heterocycles. The summed E-state index contributed by atoms with van der Waals surface area (Å²) in [5.74, 6) is -0.906. The number of allylic oxidation sites excluding steroid dienone is 1. The number of halogens is 4. The molecule has 1 unspecified atom stereocenters. The third kappa shape index (κ3) is 4.21. The fourth-order valence-corrected chi connectivity index (χ4v) is 4.05. The molecule has 2 bridgehead atoms. The minimum atomic E-state index is -4.56. The Balaban J connectivity index is 1.53. The Labute approximate surface area is 181 Å². The molecule has 3 N–H and O–H groups in total. The molecule has 0 radical (unpaired) electrons. The van der Waals surface area contributed by atoms with E-state index >= 15 is 0 Å². The lowest BCUT2D eigenvalue weighted by atomic mass is 10.1. The molecule has 0 aromatic carbocycles. The standard InChI is InChI=1S/C20H22F4N6O2/c1-2-15(20(22,23)24)27-18(31)13-4-5-14-17(26-13)30(12-7-8-29(14)10-12)19(32)28-16-6-3-11(21)9-25-16/h3-6,9,12-13,15,26H,2,7-8,10H2,1H3,(H,27,31)(H,25,28,32)/t12-,13?,15+/m0/s1. The number of pyridine rings is 1. The maximum absolute atomic E-state index is 13.1. The molecule has 3 amide bonds. The van der Waals surface area contributed by atoms with Gasteiger partial charge < -0.3 is 15.5 Å². The van der Waals surface area contributed by atoms with Crippen molar-refractivity contribution < 1.29 is 27.2 Å². The second kappa shape index (κ2) is 8.32. The molecule has 8 nitrogen and oxygen atoms in total. The number of urea groups is 1. The normalized spacial score (nSPS) is 22.9. The molecule has 32 heavy (non-hydrogen) atoms. The average molecular weight is 454 g/mol. The highest BCUT2D eigenvalue weighted by molar-refractivity contribution is 5.91. The molecule has 1 saturated heterocycles. The Morgan fingerprint density at radius 2 is 2.12 bits per heavy atom. The molecule has 0 aliphatic carbocycles. The van der Waals surface area contributed by atoms with Crippen molar-refractivity contribution in [2.24, 2.45) is 0 Å². The monoisotopic (exact) mass is 454 g/mol. The molecule has 172 valence electrons. The zero-order valence-corrected chi connectivity index (χ0v) is 17.1. The summed E-state index contributed by atoms with van der Waals surface area (Å²) < 4.78 is 52.3. The number of hydrogen-bond donors (Lipinski definition) is 3. The van der Waals surface area contributed by atoms with E-state index in [1.807, 2.05) is 10.2 Å². The SMILES string of the molecule is CC[C@@H](NC(=O)C1C=CC2=C(N1)N(C(=O)Nc1ccc(F)cn1)[C@H]1CCN2C1)C(F)(F)F. The predicted molar refractivity (Wildman–Crippen MR) is 106 cm³/mol. The maximum Gasteiger partial charge on any atom is 0.408 e. The van der Waals surface area contributed by atoms with Gasteiger partial charge in [-0.2, -0.15) is 13.2 Å². The molecule has 3 atom stereocenters. The molecule has 1 aromatic rings. The number of alkyl halides is 3. The van der Waals surface area contributed by atoms with Gasteiger partial charge in [0.05, 0.1) is 17.9 Å². The Morgan fingerprint density at radius 3 is 2.78 bits per heavy atom. The molecule has 4 heterocycles. The zero-order chi connectivity index (χ0) is 23.0. The van der Waals surface area contributed by atoms with Gasteiger partial charge in [0.1, 0.15) is 29.5 Å². The maximum atomic E-state index is 13.1. The highest BCUT2D eigenvalue weighted by Gasteiger charge is 2.44. The van der Waals surface area contributed by atoms with Crippen LogP contribution in [0.1, 0.15) is 19.8 Å². The van der Waals surface area contributed by atoms with Gasteiger partial charge in [-0.3, -0.25) is 15.0 Å². The smallest absolute Gasteiger partial charge is 0.366 e. The summed E-state index contributed by atoms with van der Waals surface area (Å²) in [6.45, 7) is 2.61. The molecular formula is C20H22F4N6O2. The Bertz CT molecular complexity index is 962. The average Bonchev–Trinajstić information content (AvgIpc) is 3.16. The van der Waals surface area contributed by atoms with Crippen LogP contribution in [-0.4, -0.2) is 64.1 Å². The highest BCUT2D eigenvalue weighted by Crippen LogP contribution is 2.33. The van der Waals surface area contributed by atoms with Crippen LogP contribution >= 0.6 is 0 Å². The number of anilines is 1. The van der Waals surface area contributed by atoms with Gasteiger partial charge in [0.15, 0.2) is 0 Å². The summed E-state index contributed by atoms with van der Waals surface area (Å²) in [6, 6.07) is -1.30. The lowest BCUT2D eigenvalue weighted by Crippen LogP contribution is -2.57. The van der Waals surface area contributed by atoms with Crippen molar-refractivity contribution in [1.82, 2.24) is 25.4 Å². The molecule has 0 spiro atoms. The number of carbonyl (C=O) groups is 2. The largest absolute Gasteiger partial charge is 0.408 e. The summed E-state index contributed by atoms with van der Waals surface area (Å²) in [6.07, 6.45) is -0.0854. The minimum absolute atomic E-state index is 0.149. The Morgan fingerprint density at radius 1 is 1.34 bits per heavy atom.